The maximum atomic E-state index is 11.5. The number of nitrogens with one attached hydrogen (secondary N) is 1. The van der Waals surface area contributed by atoms with Gasteiger partial charge < -0.3 is 14.5 Å². The summed E-state index contributed by atoms with van der Waals surface area (Å²) in [5, 5.41) is 0. The van der Waals surface area contributed by atoms with E-state index >= 15 is 0 Å². The summed E-state index contributed by atoms with van der Waals surface area (Å²) in [6.07, 6.45) is 1.46. The molecule has 0 radical (unpaired) electrons. The van der Waals surface area contributed by atoms with Crippen molar-refractivity contribution in [3.05, 3.63) is 39.2 Å². The van der Waals surface area contributed by atoms with Gasteiger partial charge in [-0.25, -0.2) is 4.98 Å². The van der Waals surface area contributed by atoms with Crippen molar-refractivity contribution in [3.8, 4) is 22.9 Å². The molecular weight excluding hydrogens is 300 g/mol. The van der Waals surface area contributed by atoms with E-state index in [9.17, 15) is 4.79 Å². The number of aromatic amines is 1. The van der Waals surface area contributed by atoms with E-state index in [0.717, 1.165) is 5.56 Å². The van der Waals surface area contributed by atoms with Crippen LogP contribution in [0.15, 0.2) is 33.7 Å². The first kappa shape index (κ1) is 12.6. The van der Waals surface area contributed by atoms with Crippen molar-refractivity contribution >= 4 is 15.9 Å². The van der Waals surface area contributed by atoms with Crippen molar-refractivity contribution in [3.63, 3.8) is 0 Å². The van der Waals surface area contributed by atoms with Crippen molar-refractivity contribution in [2.24, 2.45) is 0 Å². The van der Waals surface area contributed by atoms with E-state index in [-0.39, 0.29) is 5.56 Å². The highest BCUT2D eigenvalue weighted by molar-refractivity contribution is 9.10. The number of aromatic nitrogens is 2. The summed E-state index contributed by atoms with van der Waals surface area (Å²) in [5.41, 5.74) is 0.484. The van der Waals surface area contributed by atoms with Crippen LogP contribution in [0.4, 0.5) is 0 Å². The molecule has 6 heteroatoms. The molecular formula is C12H11BrN2O3. The van der Waals surface area contributed by atoms with Gasteiger partial charge >= 0.3 is 0 Å². The van der Waals surface area contributed by atoms with Crippen LogP contribution >= 0.6 is 15.9 Å². The molecule has 0 saturated heterocycles. The molecule has 0 atom stereocenters. The SMILES string of the molecule is COc1cc(OC)cc(-c2ncc(Br)c(=O)[nH]2)c1. The van der Waals surface area contributed by atoms with Gasteiger partial charge in [0.25, 0.3) is 5.56 Å². The summed E-state index contributed by atoms with van der Waals surface area (Å²) in [6, 6.07) is 5.30. The van der Waals surface area contributed by atoms with Crippen molar-refractivity contribution < 1.29 is 9.47 Å². The summed E-state index contributed by atoms with van der Waals surface area (Å²) < 4.78 is 10.7. The third kappa shape index (κ3) is 2.53. The number of nitrogens with zero attached hydrogens (tertiary/aromatic N) is 1. The minimum atomic E-state index is -0.234. The molecule has 18 heavy (non-hydrogen) atoms. The number of rotatable bonds is 3. The maximum absolute atomic E-state index is 11.5. The van der Waals surface area contributed by atoms with Crippen LogP contribution in [-0.2, 0) is 0 Å². The zero-order valence-corrected chi connectivity index (χ0v) is 11.4. The number of benzene rings is 1. The number of methoxy groups -OCH3 is 2. The lowest BCUT2D eigenvalue weighted by atomic mass is 10.2. The van der Waals surface area contributed by atoms with E-state index in [4.69, 9.17) is 9.47 Å². The second-order valence-electron chi connectivity index (χ2n) is 3.51. The van der Waals surface area contributed by atoms with Gasteiger partial charge in [-0.2, -0.15) is 0 Å². The molecule has 94 valence electrons. The smallest absolute Gasteiger partial charge is 0.265 e. The first-order chi connectivity index (χ1) is 8.63. The second-order valence-corrected chi connectivity index (χ2v) is 4.36. The van der Waals surface area contributed by atoms with Crippen molar-refractivity contribution in [1.29, 1.82) is 0 Å². The Labute approximate surface area is 112 Å². The molecule has 0 saturated carbocycles. The Kier molecular flexibility index (Phi) is 3.66. The first-order valence-corrected chi connectivity index (χ1v) is 5.91. The Morgan fingerprint density at radius 1 is 1.17 bits per heavy atom. The summed E-state index contributed by atoms with van der Waals surface area (Å²) in [7, 11) is 3.13. The molecule has 1 heterocycles. The minimum Gasteiger partial charge on any atom is -0.497 e. The van der Waals surface area contributed by atoms with Crippen LogP contribution < -0.4 is 15.0 Å². The number of ether oxygens (including phenoxy) is 2. The van der Waals surface area contributed by atoms with Crippen molar-refractivity contribution in [2.75, 3.05) is 14.2 Å². The van der Waals surface area contributed by atoms with Crippen LogP contribution in [0.3, 0.4) is 0 Å². The Hall–Kier alpha value is -1.82. The third-order valence-electron chi connectivity index (χ3n) is 2.38. The molecule has 0 fully saturated rings. The average Bonchev–Trinajstić information content (AvgIpc) is 2.41. The molecule has 0 aliphatic carbocycles. The van der Waals surface area contributed by atoms with Crippen LogP contribution in [-0.4, -0.2) is 24.2 Å². The highest BCUT2D eigenvalue weighted by Gasteiger charge is 2.07. The molecule has 0 aliphatic rings. The van der Waals surface area contributed by atoms with E-state index in [1.807, 2.05) is 0 Å². The van der Waals surface area contributed by atoms with E-state index in [1.54, 1.807) is 32.4 Å². The predicted molar refractivity (Wildman–Crippen MR) is 71.1 cm³/mol. The van der Waals surface area contributed by atoms with Gasteiger partial charge in [0.05, 0.1) is 14.2 Å². The molecule has 5 nitrogen and oxygen atoms in total. The van der Waals surface area contributed by atoms with Crippen molar-refractivity contribution in [1.82, 2.24) is 9.97 Å². The zero-order chi connectivity index (χ0) is 13.1. The molecule has 1 N–H and O–H groups in total. The van der Waals surface area contributed by atoms with Crippen LogP contribution in [0, 0.1) is 0 Å². The molecule has 0 aliphatic heterocycles. The van der Waals surface area contributed by atoms with E-state index < -0.39 is 0 Å². The molecule has 2 rings (SSSR count). The fraction of sp³-hybridized carbons (Fsp3) is 0.167. The van der Waals surface area contributed by atoms with Gasteiger partial charge in [0, 0.05) is 17.8 Å². The lowest BCUT2D eigenvalue weighted by Gasteiger charge is -2.07. The van der Waals surface area contributed by atoms with Crippen LogP contribution in [0.1, 0.15) is 0 Å². The topological polar surface area (TPSA) is 64.2 Å². The standard InChI is InChI=1S/C12H11BrN2O3/c1-17-8-3-7(4-9(5-8)18-2)11-14-6-10(13)12(16)15-11/h3-6H,1-2H3,(H,14,15,16). The molecule has 0 unspecified atom stereocenters. The third-order valence-corrected chi connectivity index (χ3v) is 2.95. The van der Waals surface area contributed by atoms with Crippen LogP contribution in [0.5, 0.6) is 11.5 Å². The number of hydrogen-bond acceptors (Lipinski definition) is 4. The van der Waals surface area contributed by atoms with Gasteiger partial charge in [-0.1, -0.05) is 0 Å². The molecule has 0 bridgehead atoms. The van der Waals surface area contributed by atoms with Crippen LogP contribution in [0.2, 0.25) is 0 Å². The normalized spacial score (nSPS) is 10.2. The summed E-state index contributed by atoms with van der Waals surface area (Å²) in [6.45, 7) is 0. The van der Waals surface area contributed by atoms with Gasteiger partial charge in [0.1, 0.15) is 21.8 Å². The van der Waals surface area contributed by atoms with Gasteiger partial charge in [0.15, 0.2) is 0 Å². The predicted octanol–water partition coefficient (Wildman–Crippen LogP) is 2.22. The van der Waals surface area contributed by atoms with E-state index in [1.165, 1.54) is 6.20 Å². The van der Waals surface area contributed by atoms with Gasteiger partial charge in [0.2, 0.25) is 0 Å². The zero-order valence-electron chi connectivity index (χ0n) is 9.86. The Morgan fingerprint density at radius 3 is 2.28 bits per heavy atom. The largest absolute Gasteiger partial charge is 0.497 e. The first-order valence-electron chi connectivity index (χ1n) is 5.12. The molecule has 1 aromatic carbocycles. The van der Waals surface area contributed by atoms with Crippen LogP contribution in [0.25, 0.3) is 11.4 Å². The maximum Gasteiger partial charge on any atom is 0.265 e. The Bertz CT molecular complexity index is 603. The highest BCUT2D eigenvalue weighted by atomic mass is 79.9. The lowest BCUT2D eigenvalue weighted by molar-refractivity contribution is 0.394. The number of H-pyrrole nitrogens is 1. The van der Waals surface area contributed by atoms with Gasteiger partial charge in [-0.15, -0.1) is 0 Å². The molecule has 0 amide bonds. The molecule has 1 aromatic heterocycles. The van der Waals surface area contributed by atoms with Gasteiger partial charge in [-0.3, -0.25) is 4.79 Å². The summed E-state index contributed by atoms with van der Waals surface area (Å²) in [4.78, 5) is 18.3. The highest BCUT2D eigenvalue weighted by Crippen LogP contribution is 2.27. The number of halogens is 1. The fourth-order valence-corrected chi connectivity index (χ4v) is 1.67. The minimum absolute atomic E-state index is 0.234. The lowest BCUT2D eigenvalue weighted by Crippen LogP contribution is -2.09. The number of hydrogen-bond donors (Lipinski definition) is 1. The summed E-state index contributed by atoms with van der Waals surface area (Å²) in [5.74, 6) is 1.73. The second kappa shape index (κ2) is 5.22. The monoisotopic (exact) mass is 310 g/mol. The van der Waals surface area contributed by atoms with E-state index in [0.29, 0.717) is 21.8 Å². The Morgan fingerprint density at radius 2 is 1.78 bits per heavy atom. The van der Waals surface area contributed by atoms with Gasteiger partial charge in [-0.05, 0) is 28.1 Å². The molecule has 0 spiro atoms. The fourth-order valence-electron chi connectivity index (χ4n) is 1.47. The van der Waals surface area contributed by atoms with Crippen molar-refractivity contribution in [2.45, 2.75) is 0 Å². The Balaban J connectivity index is 2.55. The average molecular weight is 311 g/mol. The van der Waals surface area contributed by atoms with E-state index in [2.05, 4.69) is 25.9 Å². The summed E-state index contributed by atoms with van der Waals surface area (Å²) >= 11 is 3.10. The molecule has 2 aromatic rings. The quantitative estimate of drug-likeness (QED) is 0.944.